The Morgan fingerprint density at radius 1 is 1.35 bits per heavy atom. The van der Waals surface area contributed by atoms with Crippen molar-refractivity contribution in [3.8, 4) is 0 Å². The summed E-state index contributed by atoms with van der Waals surface area (Å²) in [7, 11) is 0. The number of nitrogens with zero attached hydrogens (tertiary/aromatic N) is 1. The molecule has 0 unspecified atom stereocenters. The molecule has 0 aromatic heterocycles. The first-order chi connectivity index (χ1) is 9.61. The second kappa shape index (κ2) is 7.33. The molecule has 1 aromatic rings. The number of hydrogen-bond acceptors (Lipinski definition) is 2. The number of anilines is 1. The molecule has 0 amide bonds. The number of rotatable bonds is 8. The van der Waals surface area contributed by atoms with E-state index >= 15 is 0 Å². The second-order valence-electron chi connectivity index (χ2n) is 6.09. The number of unbranched alkanes of at least 4 members (excludes halogenated alkanes) is 1. The molecule has 1 aliphatic carbocycles. The van der Waals surface area contributed by atoms with Gasteiger partial charge in [-0.1, -0.05) is 44.9 Å². The largest absolute Gasteiger partial charge is 0.368 e. The lowest BCUT2D eigenvalue weighted by Gasteiger charge is -2.28. The first-order valence-electron chi connectivity index (χ1n) is 7.90. The van der Waals surface area contributed by atoms with Crippen molar-refractivity contribution in [3.63, 3.8) is 0 Å². The van der Waals surface area contributed by atoms with Crippen LogP contribution >= 0.6 is 11.6 Å². The molecule has 112 valence electrons. The Kier molecular flexibility index (Phi) is 5.74. The van der Waals surface area contributed by atoms with Gasteiger partial charge < -0.3 is 10.2 Å². The van der Waals surface area contributed by atoms with Gasteiger partial charge in [-0.2, -0.15) is 0 Å². The predicted molar refractivity (Wildman–Crippen MR) is 88.7 cm³/mol. The molecule has 0 atom stereocenters. The second-order valence-corrected chi connectivity index (χ2v) is 6.52. The van der Waals surface area contributed by atoms with Crippen molar-refractivity contribution in [3.05, 3.63) is 28.8 Å². The van der Waals surface area contributed by atoms with Crippen LogP contribution in [0.25, 0.3) is 0 Å². The summed E-state index contributed by atoms with van der Waals surface area (Å²) in [6, 6.07) is 7.57. The Labute approximate surface area is 128 Å². The van der Waals surface area contributed by atoms with Crippen LogP contribution in [-0.4, -0.2) is 18.6 Å². The first-order valence-corrected chi connectivity index (χ1v) is 8.28. The highest BCUT2D eigenvalue weighted by Gasteiger charge is 2.30. The maximum atomic E-state index is 6.24. The molecule has 0 spiro atoms. The normalized spacial score (nSPS) is 14.8. The molecule has 0 bridgehead atoms. The minimum atomic E-state index is 0.503. The molecule has 20 heavy (non-hydrogen) atoms. The van der Waals surface area contributed by atoms with Crippen molar-refractivity contribution < 1.29 is 0 Å². The van der Waals surface area contributed by atoms with Crippen molar-refractivity contribution in [2.24, 2.45) is 0 Å². The third kappa shape index (κ3) is 4.39. The van der Waals surface area contributed by atoms with E-state index in [-0.39, 0.29) is 0 Å². The highest BCUT2D eigenvalue weighted by molar-refractivity contribution is 6.30. The van der Waals surface area contributed by atoms with Crippen molar-refractivity contribution in [1.82, 2.24) is 5.32 Å². The fourth-order valence-electron chi connectivity index (χ4n) is 2.48. The van der Waals surface area contributed by atoms with E-state index in [2.05, 4.69) is 43.1 Å². The van der Waals surface area contributed by atoms with Gasteiger partial charge in [-0.3, -0.25) is 0 Å². The van der Waals surface area contributed by atoms with Crippen LogP contribution in [0.2, 0.25) is 5.02 Å². The van der Waals surface area contributed by atoms with E-state index in [0.29, 0.717) is 6.04 Å². The van der Waals surface area contributed by atoms with E-state index in [1.54, 1.807) is 0 Å². The maximum absolute atomic E-state index is 6.24. The van der Waals surface area contributed by atoms with Crippen molar-refractivity contribution in [2.75, 3.05) is 11.4 Å². The van der Waals surface area contributed by atoms with Gasteiger partial charge in [0, 0.05) is 35.9 Å². The zero-order chi connectivity index (χ0) is 14.5. The van der Waals surface area contributed by atoms with Gasteiger partial charge >= 0.3 is 0 Å². The third-order valence-electron chi connectivity index (χ3n) is 3.80. The summed E-state index contributed by atoms with van der Waals surface area (Å²) in [6.07, 6.45) is 5.14. The molecule has 3 heteroatoms. The Bertz CT molecular complexity index is 427. The summed E-state index contributed by atoms with van der Waals surface area (Å²) >= 11 is 6.24. The Morgan fingerprint density at radius 2 is 2.10 bits per heavy atom. The van der Waals surface area contributed by atoms with Gasteiger partial charge in [0.15, 0.2) is 0 Å². The minimum Gasteiger partial charge on any atom is -0.368 e. The number of nitrogens with one attached hydrogen (secondary N) is 1. The Balaban J connectivity index is 2.19. The summed E-state index contributed by atoms with van der Waals surface area (Å²) in [6.45, 7) is 8.69. The van der Waals surface area contributed by atoms with Crippen LogP contribution in [0, 0.1) is 0 Å². The molecule has 0 saturated heterocycles. The number of hydrogen-bond donors (Lipinski definition) is 1. The van der Waals surface area contributed by atoms with Crippen LogP contribution in [0.4, 0.5) is 5.69 Å². The Morgan fingerprint density at radius 3 is 2.70 bits per heavy atom. The van der Waals surface area contributed by atoms with E-state index in [1.807, 2.05) is 6.07 Å². The van der Waals surface area contributed by atoms with E-state index in [9.17, 15) is 0 Å². The molecule has 1 aromatic carbocycles. The molecule has 1 fully saturated rings. The van der Waals surface area contributed by atoms with Crippen LogP contribution in [0.15, 0.2) is 18.2 Å². The van der Waals surface area contributed by atoms with E-state index in [4.69, 9.17) is 11.6 Å². The standard InChI is InChI=1S/C17H27ClN2/c1-4-5-10-20(16-8-9-16)17-11-15(18)7-6-14(17)12-19-13(2)3/h6-7,11,13,16,19H,4-5,8-10,12H2,1-3H3. The molecule has 1 saturated carbocycles. The summed E-state index contributed by atoms with van der Waals surface area (Å²) in [4.78, 5) is 2.58. The zero-order valence-electron chi connectivity index (χ0n) is 13.0. The lowest BCUT2D eigenvalue weighted by molar-refractivity contribution is 0.587. The minimum absolute atomic E-state index is 0.503. The summed E-state index contributed by atoms with van der Waals surface area (Å²) in [5.41, 5.74) is 2.70. The molecule has 0 aliphatic heterocycles. The predicted octanol–water partition coefficient (Wildman–Crippen LogP) is 4.61. The van der Waals surface area contributed by atoms with Gasteiger partial charge in [-0.05, 0) is 37.0 Å². The molecule has 1 N–H and O–H groups in total. The molecular weight excluding hydrogens is 268 g/mol. The topological polar surface area (TPSA) is 15.3 Å². The van der Waals surface area contributed by atoms with E-state index in [1.165, 1.54) is 36.9 Å². The monoisotopic (exact) mass is 294 g/mol. The molecule has 0 heterocycles. The lowest BCUT2D eigenvalue weighted by Crippen LogP contribution is -2.29. The molecule has 1 aliphatic rings. The van der Waals surface area contributed by atoms with E-state index < -0.39 is 0 Å². The average Bonchev–Trinajstić information content (AvgIpc) is 3.22. The molecule has 2 rings (SSSR count). The van der Waals surface area contributed by atoms with Gasteiger partial charge in [0.1, 0.15) is 0 Å². The third-order valence-corrected chi connectivity index (χ3v) is 4.03. The van der Waals surface area contributed by atoms with Crippen LogP contribution in [0.3, 0.4) is 0 Å². The van der Waals surface area contributed by atoms with Crippen molar-refractivity contribution >= 4 is 17.3 Å². The van der Waals surface area contributed by atoms with Crippen molar-refractivity contribution in [2.45, 2.75) is 65.1 Å². The van der Waals surface area contributed by atoms with Crippen LogP contribution in [0.5, 0.6) is 0 Å². The van der Waals surface area contributed by atoms with E-state index in [0.717, 1.165) is 24.2 Å². The molecule has 2 nitrogen and oxygen atoms in total. The van der Waals surface area contributed by atoms with Gasteiger partial charge in [-0.15, -0.1) is 0 Å². The molecule has 0 radical (unpaired) electrons. The van der Waals surface area contributed by atoms with Crippen LogP contribution in [-0.2, 0) is 6.54 Å². The molecular formula is C17H27ClN2. The summed E-state index contributed by atoms with van der Waals surface area (Å²) in [5, 5.41) is 4.37. The highest BCUT2D eigenvalue weighted by atomic mass is 35.5. The average molecular weight is 295 g/mol. The maximum Gasteiger partial charge on any atom is 0.0429 e. The quantitative estimate of drug-likeness (QED) is 0.753. The number of benzene rings is 1. The highest BCUT2D eigenvalue weighted by Crippen LogP contribution is 2.35. The van der Waals surface area contributed by atoms with Gasteiger partial charge in [0.25, 0.3) is 0 Å². The lowest BCUT2D eigenvalue weighted by atomic mass is 10.1. The van der Waals surface area contributed by atoms with Gasteiger partial charge in [-0.25, -0.2) is 0 Å². The van der Waals surface area contributed by atoms with Crippen molar-refractivity contribution in [1.29, 1.82) is 0 Å². The fraction of sp³-hybridized carbons (Fsp3) is 0.647. The number of halogens is 1. The van der Waals surface area contributed by atoms with Gasteiger partial charge in [0.2, 0.25) is 0 Å². The van der Waals surface area contributed by atoms with Crippen LogP contribution in [0.1, 0.15) is 52.0 Å². The fourth-order valence-corrected chi connectivity index (χ4v) is 2.65. The smallest absolute Gasteiger partial charge is 0.0429 e. The van der Waals surface area contributed by atoms with Gasteiger partial charge in [0.05, 0.1) is 0 Å². The first kappa shape index (κ1) is 15.7. The summed E-state index contributed by atoms with van der Waals surface area (Å²) < 4.78 is 0. The Hall–Kier alpha value is -0.730. The van der Waals surface area contributed by atoms with Crippen LogP contribution < -0.4 is 10.2 Å². The SMILES string of the molecule is CCCCN(c1cc(Cl)ccc1CNC(C)C)C1CC1. The summed E-state index contributed by atoms with van der Waals surface area (Å²) in [5.74, 6) is 0. The zero-order valence-corrected chi connectivity index (χ0v) is 13.7.